The zero-order valence-corrected chi connectivity index (χ0v) is 7.95. The number of hydrogen-bond donors (Lipinski definition) is 0. The van der Waals surface area contributed by atoms with E-state index in [0.29, 0.717) is 11.5 Å². The van der Waals surface area contributed by atoms with Crippen LogP contribution in [0.5, 0.6) is 0 Å². The molecule has 1 aliphatic carbocycles. The van der Waals surface area contributed by atoms with Gasteiger partial charge < -0.3 is 9.47 Å². The molecule has 3 nitrogen and oxygen atoms in total. The lowest BCUT2D eigenvalue weighted by atomic mass is 9.98. The molecule has 1 aliphatic rings. The van der Waals surface area contributed by atoms with Crippen molar-refractivity contribution in [1.29, 1.82) is 0 Å². The third-order valence-electron chi connectivity index (χ3n) is 1.81. The summed E-state index contributed by atoms with van der Waals surface area (Å²) < 4.78 is 9.43. The largest absolute Gasteiger partial charge is 0.435 e. The van der Waals surface area contributed by atoms with Crippen LogP contribution in [0.3, 0.4) is 0 Å². The molecule has 0 amide bonds. The Labute approximate surface area is 78.0 Å². The minimum Gasteiger partial charge on any atom is -0.435 e. The van der Waals surface area contributed by atoms with Crippen LogP contribution in [0.2, 0.25) is 0 Å². The number of esters is 1. The molecule has 0 aromatic carbocycles. The van der Waals surface area contributed by atoms with Crippen molar-refractivity contribution >= 4 is 5.97 Å². The van der Waals surface area contributed by atoms with Gasteiger partial charge in [0.15, 0.2) is 6.79 Å². The van der Waals surface area contributed by atoms with E-state index < -0.39 is 0 Å². The molecule has 0 N–H and O–H groups in total. The number of allylic oxidation sites excluding steroid dienone is 2. The average molecular weight is 182 g/mol. The van der Waals surface area contributed by atoms with Crippen LogP contribution >= 0.6 is 0 Å². The van der Waals surface area contributed by atoms with Crippen molar-refractivity contribution < 1.29 is 14.3 Å². The second kappa shape index (κ2) is 4.82. The molecule has 0 saturated carbocycles. The van der Waals surface area contributed by atoms with Gasteiger partial charge in [-0.05, 0) is 12.3 Å². The number of carbonyl (C=O) groups excluding carboxylic acids is 1. The fraction of sp³-hybridized carbons (Fsp3) is 0.500. The number of carbonyl (C=O) groups is 1. The third kappa shape index (κ3) is 3.03. The molecular formula is C10H14O3. The van der Waals surface area contributed by atoms with Crippen molar-refractivity contribution in [3.8, 4) is 0 Å². The molecule has 0 aromatic heterocycles. The van der Waals surface area contributed by atoms with Gasteiger partial charge in [-0.25, -0.2) is 4.79 Å². The molecule has 0 aliphatic heterocycles. The predicted octanol–water partition coefficient (Wildman–Crippen LogP) is 1.66. The quantitative estimate of drug-likeness (QED) is 0.492. The van der Waals surface area contributed by atoms with Crippen molar-refractivity contribution in [2.45, 2.75) is 13.3 Å². The predicted molar refractivity (Wildman–Crippen MR) is 49.0 cm³/mol. The Hall–Kier alpha value is -1.09. The van der Waals surface area contributed by atoms with Crippen molar-refractivity contribution in [3.63, 3.8) is 0 Å². The topological polar surface area (TPSA) is 35.5 Å². The van der Waals surface area contributed by atoms with E-state index in [9.17, 15) is 4.79 Å². The van der Waals surface area contributed by atoms with Gasteiger partial charge in [0.25, 0.3) is 0 Å². The second-order valence-electron chi connectivity index (χ2n) is 3.08. The third-order valence-corrected chi connectivity index (χ3v) is 1.81. The fourth-order valence-corrected chi connectivity index (χ4v) is 1.17. The first-order valence-corrected chi connectivity index (χ1v) is 4.28. The Bertz CT molecular complexity index is 241. The average Bonchev–Trinajstić information content (AvgIpc) is 2.14. The molecule has 0 aromatic rings. The van der Waals surface area contributed by atoms with E-state index in [-0.39, 0.29) is 12.8 Å². The second-order valence-corrected chi connectivity index (χ2v) is 3.08. The zero-order valence-electron chi connectivity index (χ0n) is 7.95. The molecule has 72 valence electrons. The molecule has 0 fully saturated rings. The van der Waals surface area contributed by atoms with E-state index in [0.717, 1.165) is 6.42 Å². The highest BCUT2D eigenvalue weighted by molar-refractivity contribution is 5.91. The molecule has 0 radical (unpaired) electrons. The van der Waals surface area contributed by atoms with Crippen LogP contribution < -0.4 is 0 Å². The molecule has 1 rings (SSSR count). The molecular weight excluding hydrogens is 168 g/mol. The van der Waals surface area contributed by atoms with Gasteiger partial charge in [0.2, 0.25) is 0 Å². The van der Waals surface area contributed by atoms with Crippen molar-refractivity contribution in [3.05, 3.63) is 23.8 Å². The molecule has 0 heterocycles. The molecule has 0 saturated heterocycles. The van der Waals surface area contributed by atoms with E-state index >= 15 is 0 Å². The summed E-state index contributed by atoms with van der Waals surface area (Å²) in [5.41, 5.74) is 0.621. The highest BCUT2D eigenvalue weighted by atomic mass is 16.7. The van der Waals surface area contributed by atoms with Crippen LogP contribution in [0.1, 0.15) is 13.3 Å². The number of rotatable bonds is 3. The van der Waals surface area contributed by atoms with Gasteiger partial charge >= 0.3 is 5.97 Å². The normalized spacial score (nSPS) is 21.1. The Balaban J connectivity index is 2.51. The standard InChI is InChI=1S/C10H14O3/c1-8-4-3-5-9(6-8)10(11)13-7-12-2/h3,5-6,8H,4,7H2,1-2H3. The lowest BCUT2D eigenvalue weighted by molar-refractivity contribution is -0.148. The maximum atomic E-state index is 11.3. The number of hydrogen-bond acceptors (Lipinski definition) is 3. The fourth-order valence-electron chi connectivity index (χ4n) is 1.17. The lowest BCUT2D eigenvalue weighted by Gasteiger charge is -2.11. The first-order valence-electron chi connectivity index (χ1n) is 4.28. The summed E-state index contributed by atoms with van der Waals surface area (Å²) in [4.78, 5) is 11.3. The van der Waals surface area contributed by atoms with Crippen molar-refractivity contribution in [1.82, 2.24) is 0 Å². The minimum atomic E-state index is -0.315. The number of ether oxygens (including phenoxy) is 2. The summed E-state index contributed by atoms with van der Waals surface area (Å²) in [5.74, 6) is 0.0970. The molecule has 0 bridgehead atoms. The van der Waals surface area contributed by atoms with Crippen LogP contribution in [-0.2, 0) is 14.3 Å². The van der Waals surface area contributed by atoms with Crippen LogP contribution in [0.15, 0.2) is 23.8 Å². The Morgan fingerprint density at radius 1 is 1.69 bits per heavy atom. The monoisotopic (exact) mass is 182 g/mol. The maximum Gasteiger partial charge on any atom is 0.339 e. The summed E-state index contributed by atoms with van der Waals surface area (Å²) >= 11 is 0. The molecule has 0 spiro atoms. The Kier molecular flexibility index (Phi) is 3.71. The Morgan fingerprint density at radius 3 is 3.08 bits per heavy atom. The summed E-state index contributed by atoms with van der Waals surface area (Å²) in [6.07, 6.45) is 6.67. The van der Waals surface area contributed by atoms with Crippen LogP contribution in [0, 0.1) is 5.92 Å². The van der Waals surface area contributed by atoms with E-state index in [4.69, 9.17) is 4.74 Å². The SMILES string of the molecule is COCOC(=O)C1=CC(C)CC=C1. The van der Waals surface area contributed by atoms with Gasteiger partial charge in [-0.1, -0.05) is 25.2 Å². The van der Waals surface area contributed by atoms with Gasteiger partial charge in [0.1, 0.15) is 0 Å². The van der Waals surface area contributed by atoms with E-state index in [1.807, 2.05) is 12.2 Å². The summed E-state index contributed by atoms with van der Waals surface area (Å²) in [7, 11) is 1.49. The van der Waals surface area contributed by atoms with Gasteiger partial charge in [-0.15, -0.1) is 0 Å². The van der Waals surface area contributed by atoms with Crippen LogP contribution in [-0.4, -0.2) is 19.9 Å². The zero-order chi connectivity index (χ0) is 9.68. The van der Waals surface area contributed by atoms with Crippen LogP contribution in [0.25, 0.3) is 0 Å². The van der Waals surface area contributed by atoms with Gasteiger partial charge in [-0.3, -0.25) is 0 Å². The maximum absolute atomic E-state index is 11.3. The molecule has 1 unspecified atom stereocenters. The molecule has 1 atom stereocenters. The summed E-state index contributed by atoms with van der Waals surface area (Å²) in [6, 6.07) is 0. The smallest absolute Gasteiger partial charge is 0.339 e. The highest BCUT2D eigenvalue weighted by Gasteiger charge is 2.12. The Morgan fingerprint density at radius 2 is 2.46 bits per heavy atom. The van der Waals surface area contributed by atoms with Crippen molar-refractivity contribution in [2.75, 3.05) is 13.9 Å². The van der Waals surface area contributed by atoms with E-state index in [1.54, 1.807) is 6.08 Å². The number of methoxy groups -OCH3 is 1. The molecule has 3 heteroatoms. The first-order chi connectivity index (χ1) is 6.24. The van der Waals surface area contributed by atoms with E-state index in [2.05, 4.69) is 11.7 Å². The summed E-state index contributed by atoms with van der Waals surface area (Å²) in [6.45, 7) is 2.07. The van der Waals surface area contributed by atoms with Gasteiger partial charge in [0.05, 0.1) is 5.57 Å². The molecule has 13 heavy (non-hydrogen) atoms. The first kappa shape index (κ1) is 9.99. The van der Waals surface area contributed by atoms with E-state index in [1.165, 1.54) is 7.11 Å². The summed E-state index contributed by atoms with van der Waals surface area (Å²) in [5, 5.41) is 0. The van der Waals surface area contributed by atoms with Crippen molar-refractivity contribution in [2.24, 2.45) is 5.92 Å². The highest BCUT2D eigenvalue weighted by Crippen LogP contribution is 2.16. The van der Waals surface area contributed by atoms with Crippen LogP contribution in [0.4, 0.5) is 0 Å². The van der Waals surface area contributed by atoms with Gasteiger partial charge in [0, 0.05) is 7.11 Å². The minimum absolute atomic E-state index is 0.0123. The lowest BCUT2D eigenvalue weighted by Crippen LogP contribution is -2.11. The van der Waals surface area contributed by atoms with Gasteiger partial charge in [-0.2, -0.15) is 0 Å².